The highest BCUT2D eigenvalue weighted by atomic mass is 16.5. The van der Waals surface area contributed by atoms with Crippen LogP contribution in [0.25, 0.3) is 0 Å². The SMILES string of the molecule is C#CCCCNC1CCCC(OC)C1. The van der Waals surface area contributed by atoms with Crippen LogP contribution < -0.4 is 5.32 Å². The second-order valence-electron chi connectivity index (χ2n) is 3.98. The third-order valence-electron chi connectivity index (χ3n) is 2.89. The molecule has 1 rings (SSSR count). The zero-order valence-corrected chi connectivity index (χ0v) is 9.09. The molecule has 0 aliphatic heterocycles. The van der Waals surface area contributed by atoms with Crippen molar-refractivity contribution in [3.8, 4) is 12.3 Å². The summed E-state index contributed by atoms with van der Waals surface area (Å²) >= 11 is 0. The normalized spacial score (nSPS) is 27.1. The van der Waals surface area contributed by atoms with E-state index in [2.05, 4.69) is 11.2 Å². The standard InChI is InChI=1S/C12H21NO/c1-3-4-5-9-13-11-7-6-8-12(10-11)14-2/h1,11-13H,4-10H2,2H3. The van der Waals surface area contributed by atoms with Crippen LogP contribution in [0.1, 0.15) is 38.5 Å². The number of terminal acetylenes is 1. The second-order valence-corrected chi connectivity index (χ2v) is 3.98. The fourth-order valence-electron chi connectivity index (χ4n) is 2.04. The highest BCUT2D eigenvalue weighted by Gasteiger charge is 2.20. The minimum atomic E-state index is 0.467. The van der Waals surface area contributed by atoms with Crippen LogP contribution in [-0.4, -0.2) is 25.8 Å². The molecule has 0 aromatic carbocycles. The Balaban J connectivity index is 2.08. The fourth-order valence-corrected chi connectivity index (χ4v) is 2.04. The van der Waals surface area contributed by atoms with Gasteiger partial charge >= 0.3 is 0 Å². The molecule has 2 atom stereocenters. The summed E-state index contributed by atoms with van der Waals surface area (Å²) < 4.78 is 5.38. The predicted molar refractivity (Wildman–Crippen MR) is 59.1 cm³/mol. The van der Waals surface area contributed by atoms with Crippen molar-refractivity contribution in [2.24, 2.45) is 0 Å². The number of nitrogens with one attached hydrogen (secondary N) is 1. The van der Waals surface area contributed by atoms with Crippen molar-refractivity contribution in [3.63, 3.8) is 0 Å². The number of rotatable bonds is 5. The summed E-state index contributed by atoms with van der Waals surface area (Å²) in [5.74, 6) is 2.66. The third kappa shape index (κ3) is 4.13. The molecule has 1 saturated carbocycles. The Labute approximate surface area is 87.4 Å². The molecule has 1 aliphatic rings. The maximum Gasteiger partial charge on any atom is 0.0586 e. The second kappa shape index (κ2) is 6.86. The van der Waals surface area contributed by atoms with Gasteiger partial charge in [-0.25, -0.2) is 0 Å². The van der Waals surface area contributed by atoms with E-state index >= 15 is 0 Å². The maximum atomic E-state index is 5.38. The minimum absolute atomic E-state index is 0.467. The first kappa shape index (κ1) is 11.6. The Bertz CT molecular complexity index is 185. The van der Waals surface area contributed by atoms with Crippen LogP contribution in [-0.2, 0) is 4.74 Å². The lowest BCUT2D eigenvalue weighted by Crippen LogP contribution is -2.37. The maximum absolute atomic E-state index is 5.38. The molecular formula is C12H21NO. The lowest BCUT2D eigenvalue weighted by Gasteiger charge is -2.28. The number of hydrogen-bond donors (Lipinski definition) is 1. The molecule has 0 heterocycles. The average molecular weight is 195 g/mol. The molecule has 0 aromatic heterocycles. The zero-order valence-electron chi connectivity index (χ0n) is 9.09. The van der Waals surface area contributed by atoms with Crippen molar-refractivity contribution in [3.05, 3.63) is 0 Å². The molecule has 14 heavy (non-hydrogen) atoms. The van der Waals surface area contributed by atoms with Gasteiger partial charge in [0.25, 0.3) is 0 Å². The number of unbranched alkanes of at least 4 members (excludes halogenated alkanes) is 1. The lowest BCUT2D eigenvalue weighted by atomic mass is 9.93. The van der Waals surface area contributed by atoms with Crippen molar-refractivity contribution in [1.82, 2.24) is 5.32 Å². The fraction of sp³-hybridized carbons (Fsp3) is 0.833. The predicted octanol–water partition coefficient (Wildman–Crippen LogP) is 1.95. The Kier molecular flexibility index (Phi) is 5.66. The molecular weight excluding hydrogens is 174 g/mol. The zero-order chi connectivity index (χ0) is 10.2. The largest absolute Gasteiger partial charge is 0.381 e. The third-order valence-corrected chi connectivity index (χ3v) is 2.89. The summed E-state index contributed by atoms with van der Waals surface area (Å²) in [6.45, 7) is 1.05. The number of methoxy groups -OCH3 is 1. The summed E-state index contributed by atoms with van der Waals surface area (Å²) in [4.78, 5) is 0. The molecule has 0 bridgehead atoms. The van der Waals surface area contributed by atoms with E-state index in [0.29, 0.717) is 12.1 Å². The van der Waals surface area contributed by atoms with E-state index in [1.165, 1.54) is 19.3 Å². The molecule has 0 radical (unpaired) electrons. The van der Waals surface area contributed by atoms with Crippen LogP contribution in [0.15, 0.2) is 0 Å². The molecule has 2 unspecified atom stereocenters. The molecule has 0 aromatic rings. The molecule has 80 valence electrons. The molecule has 1 fully saturated rings. The van der Waals surface area contributed by atoms with Gasteiger partial charge in [0.15, 0.2) is 0 Å². The van der Waals surface area contributed by atoms with Crippen molar-refractivity contribution in [1.29, 1.82) is 0 Å². The highest BCUT2D eigenvalue weighted by Crippen LogP contribution is 2.20. The van der Waals surface area contributed by atoms with Gasteiger partial charge in [0, 0.05) is 19.6 Å². The Morgan fingerprint density at radius 3 is 3.07 bits per heavy atom. The summed E-state index contributed by atoms with van der Waals surface area (Å²) in [7, 11) is 1.81. The van der Waals surface area contributed by atoms with Crippen LogP contribution in [0.5, 0.6) is 0 Å². The number of ether oxygens (including phenoxy) is 1. The summed E-state index contributed by atoms with van der Waals surface area (Å²) in [6.07, 6.45) is 12.6. The van der Waals surface area contributed by atoms with E-state index in [0.717, 1.165) is 25.8 Å². The van der Waals surface area contributed by atoms with Crippen molar-refractivity contribution in [2.75, 3.05) is 13.7 Å². The molecule has 0 amide bonds. The first-order chi connectivity index (χ1) is 6.86. The minimum Gasteiger partial charge on any atom is -0.381 e. The van der Waals surface area contributed by atoms with E-state index in [-0.39, 0.29) is 0 Å². The van der Waals surface area contributed by atoms with E-state index in [9.17, 15) is 0 Å². The first-order valence-corrected chi connectivity index (χ1v) is 5.56. The summed E-state index contributed by atoms with van der Waals surface area (Å²) in [5, 5.41) is 3.55. The average Bonchev–Trinajstić information content (AvgIpc) is 2.25. The van der Waals surface area contributed by atoms with Gasteiger partial charge in [-0.15, -0.1) is 12.3 Å². The quantitative estimate of drug-likeness (QED) is 0.535. The van der Waals surface area contributed by atoms with Gasteiger partial charge in [0.05, 0.1) is 6.10 Å². The van der Waals surface area contributed by atoms with Gasteiger partial charge in [-0.05, 0) is 38.6 Å². The molecule has 1 aliphatic carbocycles. The van der Waals surface area contributed by atoms with Crippen LogP contribution in [0.4, 0.5) is 0 Å². The van der Waals surface area contributed by atoms with Crippen LogP contribution in [0.3, 0.4) is 0 Å². The van der Waals surface area contributed by atoms with Crippen LogP contribution in [0.2, 0.25) is 0 Å². The van der Waals surface area contributed by atoms with Gasteiger partial charge < -0.3 is 10.1 Å². The molecule has 1 N–H and O–H groups in total. The van der Waals surface area contributed by atoms with Crippen LogP contribution >= 0.6 is 0 Å². The Morgan fingerprint density at radius 2 is 2.36 bits per heavy atom. The number of hydrogen-bond acceptors (Lipinski definition) is 2. The van der Waals surface area contributed by atoms with Gasteiger partial charge in [-0.1, -0.05) is 0 Å². The smallest absolute Gasteiger partial charge is 0.0586 e. The van der Waals surface area contributed by atoms with Gasteiger partial charge in [-0.2, -0.15) is 0 Å². The summed E-state index contributed by atoms with van der Waals surface area (Å²) in [6, 6.07) is 0.645. The van der Waals surface area contributed by atoms with E-state index < -0.39 is 0 Å². The van der Waals surface area contributed by atoms with Crippen molar-refractivity contribution >= 4 is 0 Å². The van der Waals surface area contributed by atoms with Gasteiger partial charge in [-0.3, -0.25) is 0 Å². The molecule has 2 nitrogen and oxygen atoms in total. The van der Waals surface area contributed by atoms with E-state index in [1.807, 2.05) is 7.11 Å². The lowest BCUT2D eigenvalue weighted by molar-refractivity contribution is 0.0589. The highest BCUT2D eigenvalue weighted by molar-refractivity contribution is 4.84. The molecule has 2 heteroatoms. The monoisotopic (exact) mass is 195 g/mol. The first-order valence-electron chi connectivity index (χ1n) is 5.56. The molecule has 0 saturated heterocycles. The van der Waals surface area contributed by atoms with Crippen LogP contribution in [0, 0.1) is 12.3 Å². The van der Waals surface area contributed by atoms with Crippen molar-refractivity contribution < 1.29 is 4.74 Å². The van der Waals surface area contributed by atoms with Gasteiger partial charge in [0.1, 0.15) is 0 Å². The van der Waals surface area contributed by atoms with E-state index in [4.69, 9.17) is 11.2 Å². The van der Waals surface area contributed by atoms with E-state index in [1.54, 1.807) is 0 Å². The topological polar surface area (TPSA) is 21.3 Å². The Morgan fingerprint density at radius 1 is 1.50 bits per heavy atom. The summed E-state index contributed by atoms with van der Waals surface area (Å²) in [5.41, 5.74) is 0. The van der Waals surface area contributed by atoms with Gasteiger partial charge in [0.2, 0.25) is 0 Å². The van der Waals surface area contributed by atoms with Crippen molar-refractivity contribution in [2.45, 2.75) is 50.7 Å². The molecule has 0 spiro atoms. The Hall–Kier alpha value is -0.520.